The van der Waals surface area contributed by atoms with Crippen LogP contribution in [-0.4, -0.2) is 25.3 Å². The van der Waals surface area contributed by atoms with Crippen LogP contribution in [0.15, 0.2) is 18.2 Å². The number of amides is 1. The standard InChI is InChI=1S/C15H22F2N2O3/c1-14(2,3)22-13(20)19-10-5-6-11(12(9-10)21-4)15(16,17)7-8-18/h5-6,9H,7-8,18H2,1-4H3,(H,19,20). The van der Waals surface area contributed by atoms with Gasteiger partial charge in [-0.05, 0) is 39.4 Å². The number of halogens is 2. The quantitative estimate of drug-likeness (QED) is 0.872. The highest BCUT2D eigenvalue weighted by Crippen LogP contribution is 2.38. The molecule has 22 heavy (non-hydrogen) atoms. The number of anilines is 1. The van der Waals surface area contributed by atoms with Crippen LogP contribution in [0.25, 0.3) is 0 Å². The van der Waals surface area contributed by atoms with Gasteiger partial charge in [0, 0.05) is 18.2 Å². The number of hydrogen-bond donors (Lipinski definition) is 2. The van der Waals surface area contributed by atoms with Crippen LogP contribution in [0, 0.1) is 0 Å². The van der Waals surface area contributed by atoms with Crippen LogP contribution in [0.4, 0.5) is 19.3 Å². The first-order valence-corrected chi connectivity index (χ1v) is 6.85. The van der Waals surface area contributed by atoms with E-state index in [4.69, 9.17) is 15.2 Å². The lowest BCUT2D eigenvalue weighted by molar-refractivity contribution is -0.0127. The van der Waals surface area contributed by atoms with Crippen molar-refractivity contribution in [2.45, 2.75) is 38.7 Å². The number of rotatable bonds is 5. The Morgan fingerprint density at radius 1 is 1.32 bits per heavy atom. The van der Waals surface area contributed by atoms with Gasteiger partial charge in [-0.3, -0.25) is 5.32 Å². The molecule has 124 valence electrons. The molecule has 0 saturated carbocycles. The Morgan fingerprint density at radius 3 is 2.45 bits per heavy atom. The molecule has 1 rings (SSSR count). The Morgan fingerprint density at radius 2 is 1.95 bits per heavy atom. The second-order valence-electron chi connectivity index (χ2n) is 5.79. The predicted octanol–water partition coefficient (Wildman–Crippen LogP) is 3.48. The van der Waals surface area contributed by atoms with Crippen LogP contribution < -0.4 is 15.8 Å². The first-order chi connectivity index (χ1) is 10.1. The Hall–Kier alpha value is -1.89. The van der Waals surface area contributed by atoms with Crippen LogP contribution in [0.1, 0.15) is 32.8 Å². The van der Waals surface area contributed by atoms with Crippen molar-refractivity contribution < 1.29 is 23.0 Å². The van der Waals surface area contributed by atoms with E-state index in [1.807, 2.05) is 0 Å². The summed E-state index contributed by atoms with van der Waals surface area (Å²) in [5.41, 5.74) is 4.59. The second kappa shape index (κ2) is 6.91. The maximum atomic E-state index is 13.9. The SMILES string of the molecule is COc1cc(NC(=O)OC(C)(C)C)ccc1C(F)(F)CCN. The zero-order chi connectivity index (χ0) is 17.0. The van der Waals surface area contributed by atoms with Crippen LogP contribution >= 0.6 is 0 Å². The average Bonchev–Trinajstić information content (AvgIpc) is 2.35. The van der Waals surface area contributed by atoms with E-state index in [0.717, 1.165) is 0 Å². The molecular formula is C15H22F2N2O3. The van der Waals surface area contributed by atoms with Gasteiger partial charge >= 0.3 is 6.09 Å². The van der Waals surface area contributed by atoms with Gasteiger partial charge in [-0.25, -0.2) is 13.6 Å². The Bertz CT molecular complexity index is 528. The average molecular weight is 316 g/mol. The smallest absolute Gasteiger partial charge is 0.412 e. The lowest BCUT2D eigenvalue weighted by atomic mass is 10.0. The van der Waals surface area contributed by atoms with Crippen LogP contribution in [0.3, 0.4) is 0 Å². The van der Waals surface area contributed by atoms with Gasteiger partial charge in [-0.15, -0.1) is 0 Å². The summed E-state index contributed by atoms with van der Waals surface area (Å²) in [5, 5.41) is 2.47. The number of nitrogens with one attached hydrogen (secondary N) is 1. The van der Waals surface area contributed by atoms with Gasteiger partial charge in [-0.2, -0.15) is 0 Å². The minimum atomic E-state index is -3.09. The fourth-order valence-corrected chi connectivity index (χ4v) is 1.81. The highest BCUT2D eigenvalue weighted by molar-refractivity contribution is 5.85. The lowest BCUT2D eigenvalue weighted by Crippen LogP contribution is -2.27. The molecule has 0 aliphatic carbocycles. The number of nitrogens with two attached hydrogens (primary N) is 1. The predicted molar refractivity (Wildman–Crippen MR) is 80.4 cm³/mol. The van der Waals surface area contributed by atoms with Crippen LogP contribution in [-0.2, 0) is 10.7 Å². The van der Waals surface area contributed by atoms with Crippen molar-refractivity contribution in [3.8, 4) is 5.75 Å². The van der Waals surface area contributed by atoms with Gasteiger partial charge < -0.3 is 15.2 Å². The van der Waals surface area contributed by atoms with Gasteiger partial charge in [0.15, 0.2) is 0 Å². The number of alkyl halides is 2. The Balaban J connectivity index is 2.96. The summed E-state index contributed by atoms with van der Waals surface area (Å²) < 4.78 is 38.0. The van der Waals surface area contributed by atoms with Gasteiger partial charge in [-0.1, -0.05) is 0 Å². The summed E-state index contributed by atoms with van der Waals surface area (Å²) in [7, 11) is 1.29. The normalized spacial score (nSPS) is 12.0. The fourth-order valence-electron chi connectivity index (χ4n) is 1.81. The van der Waals surface area contributed by atoms with Crippen molar-refractivity contribution in [1.82, 2.24) is 0 Å². The largest absolute Gasteiger partial charge is 0.496 e. The molecule has 0 spiro atoms. The number of methoxy groups -OCH3 is 1. The van der Waals surface area contributed by atoms with Crippen molar-refractivity contribution in [3.05, 3.63) is 23.8 Å². The zero-order valence-corrected chi connectivity index (χ0v) is 13.2. The summed E-state index contributed by atoms with van der Waals surface area (Å²) in [4.78, 5) is 11.7. The van der Waals surface area contributed by atoms with E-state index in [1.165, 1.54) is 25.3 Å². The van der Waals surface area contributed by atoms with E-state index in [-0.39, 0.29) is 17.9 Å². The Kier molecular flexibility index (Phi) is 5.71. The molecule has 7 heteroatoms. The number of benzene rings is 1. The van der Waals surface area contributed by atoms with Gasteiger partial charge in [0.1, 0.15) is 11.4 Å². The highest BCUT2D eigenvalue weighted by Gasteiger charge is 2.34. The molecule has 3 N–H and O–H groups in total. The molecule has 0 fully saturated rings. The molecule has 0 bridgehead atoms. The summed E-state index contributed by atoms with van der Waals surface area (Å²) in [6.45, 7) is 5.03. The van der Waals surface area contributed by atoms with Crippen molar-refractivity contribution in [1.29, 1.82) is 0 Å². The first-order valence-electron chi connectivity index (χ1n) is 6.85. The molecule has 1 amide bonds. The highest BCUT2D eigenvalue weighted by atomic mass is 19.3. The minimum Gasteiger partial charge on any atom is -0.496 e. The molecule has 1 aromatic carbocycles. The van der Waals surface area contributed by atoms with Crippen molar-refractivity contribution in [3.63, 3.8) is 0 Å². The van der Waals surface area contributed by atoms with Gasteiger partial charge in [0.25, 0.3) is 5.92 Å². The molecule has 0 heterocycles. The molecule has 0 saturated heterocycles. The number of ether oxygens (including phenoxy) is 2. The van der Waals surface area contributed by atoms with E-state index in [0.29, 0.717) is 5.69 Å². The topological polar surface area (TPSA) is 73.6 Å². The molecule has 5 nitrogen and oxygen atoms in total. The molecular weight excluding hydrogens is 294 g/mol. The minimum absolute atomic E-state index is 0.0213. The molecule has 0 radical (unpaired) electrons. The molecule has 0 aromatic heterocycles. The zero-order valence-electron chi connectivity index (χ0n) is 13.2. The lowest BCUT2D eigenvalue weighted by Gasteiger charge is -2.21. The number of carbonyl (C=O) groups is 1. The summed E-state index contributed by atoms with van der Waals surface area (Å²) in [5.74, 6) is -3.11. The molecule has 0 aliphatic heterocycles. The fraction of sp³-hybridized carbons (Fsp3) is 0.533. The van der Waals surface area contributed by atoms with Crippen LogP contribution in [0.5, 0.6) is 5.75 Å². The van der Waals surface area contributed by atoms with E-state index in [2.05, 4.69) is 5.32 Å². The first kappa shape index (κ1) is 18.2. The summed E-state index contributed by atoms with van der Waals surface area (Å²) in [6.07, 6.45) is -1.15. The van der Waals surface area contributed by atoms with Crippen molar-refractivity contribution in [2.75, 3.05) is 19.0 Å². The molecule has 1 aromatic rings. The molecule has 0 aliphatic rings. The molecule has 0 unspecified atom stereocenters. The third kappa shape index (κ3) is 5.14. The van der Waals surface area contributed by atoms with E-state index >= 15 is 0 Å². The monoisotopic (exact) mass is 316 g/mol. The van der Waals surface area contributed by atoms with E-state index in [1.54, 1.807) is 20.8 Å². The molecule has 0 atom stereocenters. The van der Waals surface area contributed by atoms with E-state index in [9.17, 15) is 13.6 Å². The van der Waals surface area contributed by atoms with Crippen molar-refractivity contribution >= 4 is 11.8 Å². The third-order valence-electron chi connectivity index (χ3n) is 2.70. The number of hydrogen-bond acceptors (Lipinski definition) is 4. The van der Waals surface area contributed by atoms with Gasteiger partial charge in [0.05, 0.1) is 12.7 Å². The maximum Gasteiger partial charge on any atom is 0.412 e. The second-order valence-corrected chi connectivity index (χ2v) is 5.79. The maximum absolute atomic E-state index is 13.9. The van der Waals surface area contributed by atoms with Crippen LogP contribution in [0.2, 0.25) is 0 Å². The van der Waals surface area contributed by atoms with Crippen molar-refractivity contribution in [2.24, 2.45) is 5.73 Å². The summed E-state index contributed by atoms with van der Waals surface area (Å²) in [6, 6.07) is 3.90. The third-order valence-corrected chi connectivity index (χ3v) is 2.70. The summed E-state index contributed by atoms with van der Waals surface area (Å²) >= 11 is 0. The van der Waals surface area contributed by atoms with E-state index < -0.39 is 24.0 Å². The Labute approximate surface area is 128 Å². The number of carbonyl (C=O) groups excluding carboxylic acids is 1. The van der Waals surface area contributed by atoms with Gasteiger partial charge in [0.2, 0.25) is 0 Å².